The van der Waals surface area contributed by atoms with E-state index in [0.29, 0.717) is 19.1 Å². The van der Waals surface area contributed by atoms with Gasteiger partial charge in [0.2, 0.25) is 0 Å². The van der Waals surface area contributed by atoms with Crippen molar-refractivity contribution < 1.29 is 4.74 Å². The first-order chi connectivity index (χ1) is 4.72. The molecular weight excluding hydrogens is 126 g/mol. The predicted molar refractivity (Wildman–Crippen MR) is 43.9 cm³/mol. The minimum Gasteiger partial charge on any atom is -0.380 e. The topological polar surface area (TPSA) is 35.2 Å². The summed E-state index contributed by atoms with van der Waals surface area (Å²) in [5.74, 6) is 0.545. The van der Waals surface area contributed by atoms with E-state index in [9.17, 15) is 0 Å². The van der Waals surface area contributed by atoms with Crippen LogP contribution >= 0.6 is 0 Å². The van der Waals surface area contributed by atoms with Crippen LogP contribution in [0.15, 0.2) is 11.6 Å². The molecule has 0 aromatic carbocycles. The molecule has 60 valence electrons. The molecule has 0 fully saturated rings. The third kappa shape index (κ3) is 3.64. The van der Waals surface area contributed by atoms with Crippen LogP contribution in [-0.2, 0) is 4.74 Å². The number of nitrogens with two attached hydrogens (primary N) is 1. The van der Waals surface area contributed by atoms with E-state index < -0.39 is 0 Å². The highest BCUT2D eigenvalue weighted by molar-refractivity contribution is 5.05. The summed E-state index contributed by atoms with van der Waals surface area (Å²) in [5, 5.41) is 0. The van der Waals surface area contributed by atoms with Gasteiger partial charge in [-0.25, -0.2) is 0 Å². The Hall–Kier alpha value is -0.340. The van der Waals surface area contributed by atoms with Crippen molar-refractivity contribution in [1.29, 1.82) is 0 Å². The highest BCUT2D eigenvalue weighted by Crippen LogP contribution is 2.08. The number of hydrogen-bond donors (Lipinski definition) is 1. The lowest BCUT2D eigenvalue weighted by Crippen LogP contribution is -2.05. The summed E-state index contributed by atoms with van der Waals surface area (Å²) in [4.78, 5) is 0. The first-order valence-electron chi connectivity index (χ1n) is 3.60. The molecule has 0 heterocycles. The molecule has 0 aliphatic rings. The monoisotopic (exact) mass is 143 g/mol. The van der Waals surface area contributed by atoms with Gasteiger partial charge in [0.05, 0.1) is 6.61 Å². The number of ether oxygens (including phenoxy) is 1. The molecular formula is C8H17NO. The minimum atomic E-state index is 0.545. The summed E-state index contributed by atoms with van der Waals surface area (Å²) in [5.41, 5.74) is 6.65. The summed E-state index contributed by atoms with van der Waals surface area (Å²) in [6, 6.07) is 0. The normalized spacial score (nSPS) is 12.7. The van der Waals surface area contributed by atoms with E-state index >= 15 is 0 Å². The van der Waals surface area contributed by atoms with Crippen molar-refractivity contribution in [1.82, 2.24) is 0 Å². The van der Waals surface area contributed by atoms with Crippen molar-refractivity contribution in [2.75, 3.05) is 20.3 Å². The lowest BCUT2D eigenvalue weighted by Gasteiger charge is -2.08. The lowest BCUT2D eigenvalue weighted by molar-refractivity contribution is 0.218. The molecule has 10 heavy (non-hydrogen) atoms. The molecule has 0 spiro atoms. The SMILES string of the molecule is COC/C(=C/CN)C(C)C. The Bertz CT molecular complexity index is 108. The molecule has 2 heteroatoms. The van der Waals surface area contributed by atoms with E-state index in [1.807, 2.05) is 6.08 Å². The third-order valence-electron chi connectivity index (χ3n) is 1.43. The fourth-order valence-corrected chi connectivity index (χ4v) is 0.779. The van der Waals surface area contributed by atoms with Crippen LogP contribution in [0, 0.1) is 5.92 Å². The van der Waals surface area contributed by atoms with Gasteiger partial charge in [-0.3, -0.25) is 0 Å². The van der Waals surface area contributed by atoms with Gasteiger partial charge in [-0.2, -0.15) is 0 Å². The second-order valence-electron chi connectivity index (χ2n) is 2.60. The Morgan fingerprint density at radius 2 is 2.20 bits per heavy atom. The van der Waals surface area contributed by atoms with E-state index in [1.165, 1.54) is 5.57 Å². The summed E-state index contributed by atoms with van der Waals surface area (Å²) in [7, 11) is 1.70. The number of hydrogen-bond acceptors (Lipinski definition) is 2. The van der Waals surface area contributed by atoms with Crippen LogP contribution in [0.5, 0.6) is 0 Å². The van der Waals surface area contributed by atoms with E-state index in [4.69, 9.17) is 10.5 Å². The number of methoxy groups -OCH3 is 1. The van der Waals surface area contributed by atoms with Crippen LogP contribution in [-0.4, -0.2) is 20.3 Å². The average molecular weight is 143 g/mol. The Morgan fingerprint density at radius 3 is 2.50 bits per heavy atom. The summed E-state index contributed by atoms with van der Waals surface area (Å²) in [6.07, 6.45) is 2.02. The zero-order valence-corrected chi connectivity index (χ0v) is 7.05. The molecule has 0 unspecified atom stereocenters. The molecule has 0 amide bonds. The van der Waals surface area contributed by atoms with Crippen molar-refractivity contribution in [3.8, 4) is 0 Å². The predicted octanol–water partition coefficient (Wildman–Crippen LogP) is 1.17. The minimum absolute atomic E-state index is 0.545. The van der Waals surface area contributed by atoms with E-state index in [0.717, 1.165) is 0 Å². The Kier molecular flexibility index (Phi) is 5.26. The first kappa shape index (κ1) is 9.66. The second kappa shape index (κ2) is 5.45. The smallest absolute Gasteiger partial charge is 0.0675 e. The number of rotatable bonds is 4. The van der Waals surface area contributed by atoms with Gasteiger partial charge in [-0.05, 0) is 11.5 Å². The highest BCUT2D eigenvalue weighted by Gasteiger charge is 2.00. The van der Waals surface area contributed by atoms with E-state index in [1.54, 1.807) is 7.11 Å². The van der Waals surface area contributed by atoms with Gasteiger partial charge in [0, 0.05) is 13.7 Å². The second-order valence-corrected chi connectivity index (χ2v) is 2.60. The highest BCUT2D eigenvalue weighted by atomic mass is 16.5. The molecule has 0 radical (unpaired) electrons. The molecule has 0 aromatic heterocycles. The largest absolute Gasteiger partial charge is 0.380 e. The Labute approximate surface area is 63.1 Å². The van der Waals surface area contributed by atoms with Crippen LogP contribution in [0.1, 0.15) is 13.8 Å². The molecule has 0 rings (SSSR count). The molecule has 0 aliphatic carbocycles. The van der Waals surface area contributed by atoms with Crippen molar-refractivity contribution in [3.05, 3.63) is 11.6 Å². The summed E-state index contributed by atoms with van der Waals surface area (Å²) >= 11 is 0. The zero-order valence-electron chi connectivity index (χ0n) is 7.05. The van der Waals surface area contributed by atoms with E-state index in [-0.39, 0.29) is 0 Å². The summed E-state index contributed by atoms with van der Waals surface area (Å²) < 4.78 is 4.99. The van der Waals surface area contributed by atoms with Crippen LogP contribution in [0.4, 0.5) is 0 Å². The standard InChI is InChI=1S/C8H17NO/c1-7(2)8(4-5-9)6-10-3/h4,7H,5-6,9H2,1-3H3/b8-4-. The molecule has 0 aromatic rings. The van der Waals surface area contributed by atoms with Gasteiger partial charge in [0.15, 0.2) is 0 Å². The van der Waals surface area contributed by atoms with Crippen molar-refractivity contribution in [3.63, 3.8) is 0 Å². The van der Waals surface area contributed by atoms with Crippen molar-refractivity contribution >= 4 is 0 Å². The molecule has 0 atom stereocenters. The van der Waals surface area contributed by atoms with Crippen LogP contribution in [0.25, 0.3) is 0 Å². The average Bonchev–Trinajstić information content (AvgIpc) is 1.87. The zero-order chi connectivity index (χ0) is 7.98. The molecule has 0 saturated heterocycles. The Balaban J connectivity index is 3.85. The Morgan fingerprint density at radius 1 is 1.60 bits per heavy atom. The summed E-state index contributed by atoms with van der Waals surface area (Å²) in [6.45, 7) is 5.59. The van der Waals surface area contributed by atoms with Gasteiger partial charge in [-0.1, -0.05) is 19.9 Å². The fourth-order valence-electron chi connectivity index (χ4n) is 0.779. The van der Waals surface area contributed by atoms with Gasteiger partial charge in [0.25, 0.3) is 0 Å². The van der Waals surface area contributed by atoms with Crippen LogP contribution in [0.3, 0.4) is 0 Å². The van der Waals surface area contributed by atoms with Gasteiger partial charge < -0.3 is 10.5 Å². The lowest BCUT2D eigenvalue weighted by atomic mass is 10.0. The van der Waals surface area contributed by atoms with E-state index in [2.05, 4.69) is 13.8 Å². The molecule has 0 saturated carbocycles. The molecule has 2 N–H and O–H groups in total. The van der Waals surface area contributed by atoms with Crippen LogP contribution in [0.2, 0.25) is 0 Å². The van der Waals surface area contributed by atoms with Crippen molar-refractivity contribution in [2.24, 2.45) is 11.7 Å². The maximum atomic E-state index is 5.37. The molecule has 0 bridgehead atoms. The van der Waals surface area contributed by atoms with Crippen molar-refractivity contribution in [2.45, 2.75) is 13.8 Å². The van der Waals surface area contributed by atoms with Gasteiger partial charge >= 0.3 is 0 Å². The third-order valence-corrected chi connectivity index (χ3v) is 1.43. The quantitative estimate of drug-likeness (QED) is 0.600. The maximum absolute atomic E-state index is 5.37. The molecule has 0 aliphatic heterocycles. The maximum Gasteiger partial charge on any atom is 0.0675 e. The fraction of sp³-hybridized carbons (Fsp3) is 0.750. The van der Waals surface area contributed by atoms with Crippen LogP contribution < -0.4 is 5.73 Å². The first-order valence-corrected chi connectivity index (χ1v) is 3.60. The van der Waals surface area contributed by atoms with Gasteiger partial charge in [0.1, 0.15) is 0 Å². The van der Waals surface area contributed by atoms with Gasteiger partial charge in [-0.15, -0.1) is 0 Å². The molecule has 2 nitrogen and oxygen atoms in total.